The van der Waals surface area contributed by atoms with Crippen molar-refractivity contribution in [3.05, 3.63) is 29.8 Å². The molecule has 0 fully saturated rings. The number of hydrogen-bond acceptors (Lipinski definition) is 4. The second-order valence-corrected chi connectivity index (χ2v) is 3.28. The molecule has 1 rings (SSSR count). The SMILES string of the molecule is COC(=O)c1cccc(NC(C)C(=O)O)c1. The van der Waals surface area contributed by atoms with E-state index in [2.05, 4.69) is 10.1 Å². The van der Waals surface area contributed by atoms with E-state index in [4.69, 9.17) is 5.11 Å². The van der Waals surface area contributed by atoms with Gasteiger partial charge < -0.3 is 15.2 Å². The van der Waals surface area contributed by atoms with Gasteiger partial charge >= 0.3 is 11.9 Å². The maximum atomic E-state index is 11.2. The first-order valence-corrected chi connectivity index (χ1v) is 4.72. The van der Waals surface area contributed by atoms with Gasteiger partial charge in [-0.15, -0.1) is 0 Å². The molecule has 0 aromatic heterocycles. The van der Waals surface area contributed by atoms with Crippen LogP contribution in [0.3, 0.4) is 0 Å². The fraction of sp³-hybridized carbons (Fsp3) is 0.273. The molecule has 1 aromatic carbocycles. The average molecular weight is 223 g/mol. The summed E-state index contributed by atoms with van der Waals surface area (Å²) in [6, 6.07) is 5.77. The molecule has 0 spiro atoms. The summed E-state index contributed by atoms with van der Waals surface area (Å²) in [7, 11) is 1.29. The Morgan fingerprint density at radius 3 is 2.69 bits per heavy atom. The predicted octanol–water partition coefficient (Wildman–Crippen LogP) is 1.36. The van der Waals surface area contributed by atoms with Crippen molar-refractivity contribution < 1.29 is 19.4 Å². The van der Waals surface area contributed by atoms with Crippen LogP contribution in [0.5, 0.6) is 0 Å². The summed E-state index contributed by atoms with van der Waals surface area (Å²) in [5.41, 5.74) is 0.947. The zero-order valence-corrected chi connectivity index (χ0v) is 9.06. The fourth-order valence-corrected chi connectivity index (χ4v) is 1.17. The van der Waals surface area contributed by atoms with E-state index in [0.717, 1.165) is 0 Å². The molecule has 0 radical (unpaired) electrons. The van der Waals surface area contributed by atoms with Gasteiger partial charge in [0.2, 0.25) is 0 Å². The topological polar surface area (TPSA) is 75.6 Å². The van der Waals surface area contributed by atoms with Gasteiger partial charge in [-0.05, 0) is 25.1 Å². The Hall–Kier alpha value is -2.04. The van der Waals surface area contributed by atoms with Gasteiger partial charge in [-0.25, -0.2) is 4.79 Å². The van der Waals surface area contributed by atoms with Crippen LogP contribution in [-0.2, 0) is 9.53 Å². The molecule has 0 bridgehead atoms. The molecular formula is C11H13NO4. The number of ether oxygens (including phenoxy) is 1. The standard InChI is InChI=1S/C11H13NO4/c1-7(10(13)14)12-9-5-3-4-8(6-9)11(15)16-2/h3-7,12H,1-2H3,(H,13,14). The smallest absolute Gasteiger partial charge is 0.337 e. The third-order valence-electron chi connectivity index (χ3n) is 2.04. The fourth-order valence-electron chi connectivity index (χ4n) is 1.17. The summed E-state index contributed by atoms with van der Waals surface area (Å²) >= 11 is 0. The summed E-state index contributed by atoms with van der Waals surface area (Å²) in [5, 5.41) is 11.5. The van der Waals surface area contributed by atoms with E-state index in [1.165, 1.54) is 14.0 Å². The molecule has 5 nitrogen and oxygen atoms in total. The predicted molar refractivity (Wildman–Crippen MR) is 58.5 cm³/mol. The lowest BCUT2D eigenvalue weighted by atomic mass is 10.2. The normalized spacial score (nSPS) is 11.6. The largest absolute Gasteiger partial charge is 0.480 e. The number of hydrogen-bond donors (Lipinski definition) is 2. The van der Waals surface area contributed by atoms with E-state index in [-0.39, 0.29) is 0 Å². The number of methoxy groups -OCH3 is 1. The molecule has 0 saturated carbocycles. The van der Waals surface area contributed by atoms with Crippen molar-refractivity contribution in [1.29, 1.82) is 0 Å². The van der Waals surface area contributed by atoms with E-state index in [1.54, 1.807) is 24.3 Å². The second kappa shape index (κ2) is 5.16. The summed E-state index contributed by atoms with van der Waals surface area (Å²) in [6.07, 6.45) is 0. The van der Waals surface area contributed by atoms with Gasteiger partial charge in [-0.2, -0.15) is 0 Å². The molecule has 1 unspecified atom stereocenters. The summed E-state index contributed by atoms with van der Waals surface area (Å²) in [6.45, 7) is 1.52. The number of nitrogens with one attached hydrogen (secondary N) is 1. The highest BCUT2D eigenvalue weighted by atomic mass is 16.5. The van der Waals surface area contributed by atoms with Crippen LogP contribution in [0, 0.1) is 0 Å². The third-order valence-corrected chi connectivity index (χ3v) is 2.04. The molecular weight excluding hydrogens is 210 g/mol. The summed E-state index contributed by atoms with van der Waals surface area (Å²) in [4.78, 5) is 21.8. The second-order valence-electron chi connectivity index (χ2n) is 3.28. The molecule has 0 aliphatic rings. The number of anilines is 1. The number of carboxylic acids is 1. The number of benzene rings is 1. The summed E-state index contributed by atoms with van der Waals surface area (Å²) in [5.74, 6) is -1.41. The van der Waals surface area contributed by atoms with Crippen LogP contribution in [0.2, 0.25) is 0 Å². The Bertz CT molecular complexity index is 403. The molecule has 2 N–H and O–H groups in total. The molecule has 86 valence electrons. The number of carboxylic acid groups (broad SMARTS) is 1. The average Bonchev–Trinajstić information content (AvgIpc) is 2.28. The first kappa shape index (κ1) is 12.0. The van der Waals surface area contributed by atoms with Gasteiger partial charge in [-0.3, -0.25) is 4.79 Å². The molecule has 1 atom stereocenters. The molecule has 0 aliphatic heterocycles. The Kier molecular flexibility index (Phi) is 3.88. The molecule has 0 saturated heterocycles. The highest BCUT2D eigenvalue weighted by Gasteiger charge is 2.11. The zero-order chi connectivity index (χ0) is 12.1. The Morgan fingerprint density at radius 2 is 2.12 bits per heavy atom. The van der Waals surface area contributed by atoms with Gasteiger partial charge in [0.1, 0.15) is 6.04 Å². The third kappa shape index (κ3) is 2.98. The summed E-state index contributed by atoms with van der Waals surface area (Å²) < 4.78 is 4.56. The molecule has 0 amide bonds. The van der Waals surface area contributed by atoms with Crippen molar-refractivity contribution in [2.75, 3.05) is 12.4 Å². The quantitative estimate of drug-likeness (QED) is 0.754. The van der Waals surface area contributed by atoms with Gasteiger partial charge in [0.25, 0.3) is 0 Å². The Balaban J connectivity index is 2.82. The number of carbonyl (C=O) groups is 2. The minimum absolute atomic E-state index is 0.380. The van der Waals surface area contributed by atoms with Crippen LogP contribution >= 0.6 is 0 Å². The van der Waals surface area contributed by atoms with Crippen molar-refractivity contribution in [3.63, 3.8) is 0 Å². The number of aliphatic carboxylic acids is 1. The maximum Gasteiger partial charge on any atom is 0.337 e. The number of esters is 1. The monoisotopic (exact) mass is 223 g/mol. The van der Waals surface area contributed by atoms with Crippen molar-refractivity contribution in [1.82, 2.24) is 0 Å². The minimum Gasteiger partial charge on any atom is -0.480 e. The van der Waals surface area contributed by atoms with E-state index < -0.39 is 18.0 Å². The van der Waals surface area contributed by atoms with Crippen molar-refractivity contribution in [2.24, 2.45) is 0 Å². The molecule has 5 heteroatoms. The van der Waals surface area contributed by atoms with E-state index in [9.17, 15) is 9.59 Å². The number of rotatable bonds is 4. The van der Waals surface area contributed by atoms with Crippen LogP contribution in [0.4, 0.5) is 5.69 Å². The van der Waals surface area contributed by atoms with Crippen molar-refractivity contribution in [3.8, 4) is 0 Å². The first-order chi connectivity index (χ1) is 7.54. The molecule has 0 aliphatic carbocycles. The van der Waals surface area contributed by atoms with Gasteiger partial charge in [0, 0.05) is 5.69 Å². The maximum absolute atomic E-state index is 11.2. The number of carbonyl (C=O) groups excluding carboxylic acids is 1. The van der Waals surface area contributed by atoms with Gasteiger partial charge in [0.15, 0.2) is 0 Å². The lowest BCUT2D eigenvalue weighted by Crippen LogP contribution is -2.25. The van der Waals surface area contributed by atoms with Crippen LogP contribution < -0.4 is 5.32 Å². The lowest BCUT2D eigenvalue weighted by molar-refractivity contribution is -0.137. The molecule has 16 heavy (non-hydrogen) atoms. The van der Waals surface area contributed by atoms with Crippen LogP contribution in [0.25, 0.3) is 0 Å². The van der Waals surface area contributed by atoms with Crippen LogP contribution in [-0.4, -0.2) is 30.2 Å². The Labute approximate surface area is 93.0 Å². The van der Waals surface area contributed by atoms with Crippen molar-refractivity contribution in [2.45, 2.75) is 13.0 Å². The van der Waals surface area contributed by atoms with E-state index >= 15 is 0 Å². The lowest BCUT2D eigenvalue weighted by Gasteiger charge is -2.11. The zero-order valence-electron chi connectivity index (χ0n) is 9.06. The van der Waals surface area contributed by atoms with Crippen molar-refractivity contribution >= 4 is 17.6 Å². The Morgan fingerprint density at radius 1 is 1.44 bits per heavy atom. The van der Waals surface area contributed by atoms with Gasteiger partial charge in [0.05, 0.1) is 12.7 Å². The van der Waals surface area contributed by atoms with E-state index in [1.807, 2.05) is 0 Å². The van der Waals surface area contributed by atoms with E-state index in [0.29, 0.717) is 11.3 Å². The van der Waals surface area contributed by atoms with Crippen LogP contribution in [0.1, 0.15) is 17.3 Å². The minimum atomic E-state index is -0.955. The molecule has 0 heterocycles. The first-order valence-electron chi connectivity index (χ1n) is 4.72. The highest BCUT2D eigenvalue weighted by molar-refractivity contribution is 5.90. The molecule has 1 aromatic rings. The van der Waals surface area contributed by atoms with Crippen LogP contribution in [0.15, 0.2) is 24.3 Å². The highest BCUT2D eigenvalue weighted by Crippen LogP contribution is 2.12. The van der Waals surface area contributed by atoms with Gasteiger partial charge in [-0.1, -0.05) is 6.07 Å².